The van der Waals surface area contributed by atoms with E-state index >= 15 is 0 Å². The molecular formula is C12H16BrNO. The summed E-state index contributed by atoms with van der Waals surface area (Å²) >= 11 is 3.51. The Labute approximate surface area is 99.5 Å². The summed E-state index contributed by atoms with van der Waals surface area (Å²) < 4.78 is 6.57. The SMILES string of the molecule is C=CCOc1ccc(Br)c(CNCC)c1. The molecule has 0 bridgehead atoms. The molecule has 0 spiro atoms. The van der Waals surface area contributed by atoms with E-state index in [9.17, 15) is 0 Å². The molecule has 0 aliphatic rings. The van der Waals surface area contributed by atoms with E-state index in [1.807, 2.05) is 18.2 Å². The molecule has 0 heterocycles. The van der Waals surface area contributed by atoms with Gasteiger partial charge in [0.1, 0.15) is 12.4 Å². The summed E-state index contributed by atoms with van der Waals surface area (Å²) in [5.41, 5.74) is 1.21. The van der Waals surface area contributed by atoms with Crippen LogP contribution >= 0.6 is 15.9 Å². The first-order chi connectivity index (χ1) is 7.27. The monoisotopic (exact) mass is 269 g/mol. The van der Waals surface area contributed by atoms with Gasteiger partial charge in [0.05, 0.1) is 0 Å². The van der Waals surface area contributed by atoms with Gasteiger partial charge >= 0.3 is 0 Å². The average Bonchev–Trinajstić information content (AvgIpc) is 2.26. The van der Waals surface area contributed by atoms with Crippen LogP contribution in [-0.4, -0.2) is 13.2 Å². The summed E-state index contributed by atoms with van der Waals surface area (Å²) in [5, 5.41) is 3.28. The molecule has 0 saturated carbocycles. The van der Waals surface area contributed by atoms with Gasteiger partial charge in [0.2, 0.25) is 0 Å². The van der Waals surface area contributed by atoms with Gasteiger partial charge in [-0.05, 0) is 30.3 Å². The molecule has 2 nitrogen and oxygen atoms in total. The molecule has 1 aromatic rings. The highest BCUT2D eigenvalue weighted by atomic mass is 79.9. The highest BCUT2D eigenvalue weighted by molar-refractivity contribution is 9.10. The minimum Gasteiger partial charge on any atom is -0.490 e. The number of nitrogens with one attached hydrogen (secondary N) is 1. The van der Waals surface area contributed by atoms with Crippen LogP contribution < -0.4 is 10.1 Å². The van der Waals surface area contributed by atoms with Crippen LogP contribution in [0.4, 0.5) is 0 Å². The van der Waals surface area contributed by atoms with Gasteiger partial charge in [-0.25, -0.2) is 0 Å². The topological polar surface area (TPSA) is 21.3 Å². The van der Waals surface area contributed by atoms with Crippen LogP contribution in [-0.2, 0) is 6.54 Å². The van der Waals surface area contributed by atoms with Crippen LogP contribution in [0.2, 0.25) is 0 Å². The Morgan fingerprint density at radius 2 is 2.33 bits per heavy atom. The van der Waals surface area contributed by atoms with Crippen molar-refractivity contribution in [2.24, 2.45) is 0 Å². The largest absolute Gasteiger partial charge is 0.490 e. The van der Waals surface area contributed by atoms with Gasteiger partial charge in [-0.1, -0.05) is 35.5 Å². The summed E-state index contributed by atoms with van der Waals surface area (Å²) in [6.07, 6.45) is 1.74. The highest BCUT2D eigenvalue weighted by Crippen LogP contribution is 2.22. The second-order valence-corrected chi connectivity index (χ2v) is 3.99. The van der Waals surface area contributed by atoms with E-state index in [1.54, 1.807) is 6.08 Å². The summed E-state index contributed by atoms with van der Waals surface area (Å²) in [6.45, 7) is 8.06. The quantitative estimate of drug-likeness (QED) is 0.802. The maximum Gasteiger partial charge on any atom is 0.120 e. The fourth-order valence-electron chi connectivity index (χ4n) is 1.19. The summed E-state index contributed by atoms with van der Waals surface area (Å²) in [6, 6.07) is 5.99. The zero-order chi connectivity index (χ0) is 11.1. The van der Waals surface area contributed by atoms with Crippen LogP contribution in [0.3, 0.4) is 0 Å². The molecule has 0 saturated heterocycles. The molecule has 3 heteroatoms. The average molecular weight is 270 g/mol. The Hall–Kier alpha value is -0.800. The molecule has 0 radical (unpaired) electrons. The fraction of sp³-hybridized carbons (Fsp3) is 0.333. The van der Waals surface area contributed by atoms with E-state index in [0.717, 1.165) is 23.3 Å². The fourth-order valence-corrected chi connectivity index (χ4v) is 1.58. The Kier molecular flexibility index (Phi) is 5.43. The van der Waals surface area contributed by atoms with Crippen molar-refractivity contribution in [3.63, 3.8) is 0 Å². The van der Waals surface area contributed by atoms with Gasteiger partial charge < -0.3 is 10.1 Å². The van der Waals surface area contributed by atoms with Crippen LogP contribution in [0.25, 0.3) is 0 Å². The number of halogens is 1. The summed E-state index contributed by atoms with van der Waals surface area (Å²) in [5.74, 6) is 0.881. The van der Waals surface area contributed by atoms with Crippen LogP contribution in [0.5, 0.6) is 5.75 Å². The van der Waals surface area contributed by atoms with Gasteiger partial charge in [-0.15, -0.1) is 0 Å². The number of benzene rings is 1. The van der Waals surface area contributed by atoms with E-state index in [-0.39, 0.29) is 0 Å². The lowest BCUT2D eigenvalue weighted by molar-refractivity contribution is 0.362. The van der Waals surface area contributed by atoms with Gasteiger partial charge in [0.25, 0.3) is 0 Å². The number of rotatable bonds is 6. The Balaban J connectivity index is 2.70. The van der Waals surface area contributed by atoms with Crippen molar-refractivity contribution in [2.45, 2.75) is 13.5 Å². The number of hydrogen-bond donors (Lipinski definition) is 1. The molecule has 0 atom stereocenters. The summed E-state index contributed by atoms with van der Waals surface area (Å²) in [7, 11) is 0. The zero-order valence-corrected chi connectivity index (χ0v) is 10.5. The highest BCUT2D eigenvalue weighted by Gasteiger charge is 2.01. The molecule has 0 unspecified atom stereocenters. The van der Waals surface area contributed by atoms with Crippen molar-refractivity contribution in [3.05, 3.63) is 40.9 Å². The molecule has 0 aliphatic heterocycles. The lowest BCUT2D eigenvalue weighted by Gasteiger charge is -2.08. The zero-order valence-electron chi connectivity index (χ0n) is 8.92. The Morgan fingerprint density at radius 3 is 3.00 bits per heavy atom. The van der Waals surface area contributed by atoms with Gasteiger partial charge in [-0.3, -0.25) is 0 Å². The predicted molar refractivity (Wildman–Crippen MR) is 67.2 cm³/mol. The van der Waals surface area contributed by atoms with Crippen LogP contribution in [0.15, 0.2) is 35.3 Å². The van der Waals surface area contributed by atoms with Gasteiger partial charge in [0, 0.05) is 11.0 Å². The van der Waals surface area contributed by atoms with E-state index in [0.29, 0.717) is 6.61 Å². The van der Waals surface area contributed by atoms with Gasteiger partial charge in [0.15, 0.2) is 0 Å². The van der Waals surface area contributed by atoms with E-state index in [2.05, 4.69) is 34.7 Å². The minimum absolute atomic E-state index is 0.544. The van der Waals surface area contributed by atoms with Crippen LogP contribution in [0.1, 0.15) is 12.5 Å². The molecule has 82 valence electrons. The van der Waals surface area contributed by atoms with Crippen molar-refractivity contribution in [1.82, 2.24) is 5.32 Å². The first-order valence-corrected chi connectivity index (χ1v) is 5.80. The van der Waals surface area contributed by atoms with Crippen LogP contribution in [0, 0.1) is 0 Å². The molecule has 0 amide bonds. The van der Waals surface area contributed by atoms with Crippen molar-refractivity contribution in [3.8, 4) is 5.75 Å². The van der Waals surface area contributed by atoms with Gasteiger partial charge in [-0.2, -0.15) is 0 Å². The van der Waals surface area contributed by atoms with Crippen molar-refractivity contribution in [1.29, 1.82) is 0 Å². The third-order valence-electron chi connectivity index (χ3n) is 1.95. The van der Waals surface area contributed by atoms with E-state index in [1.165, 1.54) is 5.56 Å². The van der Waals surface area contributed by atoms with E-state index < -0.39 is 0 Å². The molecule has 1 aromatic carbocycles. The third kappa shape index (κ3) is 4.06. The summed E-state index contributed by atoms with van der Waals surface area (Å²) in [4.78, 5) is 0. The first kappa shape index (κ1) is 12.3. The van der Waals surface area contributed by atoms with Crippen molar-refractivity contribution < 1.29 is 4.74 Å². The molecular weight excluding hydrogens is 254 g/mol. The standard InChI is InChI=1S/C12H16BrNO/c1-3-7-15-11-5-6-12(13)10(8-11)9-14-4-2/h3,5-6,8,14H,1,4,7,9H2,2H3. The normalized spacial score (nSPS) is 10.0. The van der Waals surface area contributed by atoms with Crippen molar-refractivity contribution in [2.75, 3.05) is 13.2 Å². The molecule has 15 heavy (non-hydrogen) atoms. The maximum atomic E-state index is 5.46. The second-order valence-electron chi connectivity index (χ2n) is 3.13. The Bertz CT molecular complexity index is 325. The third-order valence-corrected chi connectivity index (χ3v) is 2.72. The number of hydrogen-bond acceptors (Lipinski definition) is 2. The van der Waals surface area contributed by atoms with Crippen molar-refractivity contribution >= 4 is 15.9 Å². The minimum atomic E-state index is 0.544. The lowest BCUT2D eigenvalue weighted by Crippen LogP contribution is -2.12. The molecule has 1 rings (SSSR count). The molecule has 1 N–H and O–H groups in total. The smallest absolute Gasteiger partial charge is 0.120 e. The molecule has 0 aromatic heterocycles. The van der Waals surface area contributed by atoms with E-state index in [4.69, 9.17) is 4.74 Å². The second kappa shape index (κ2) is 6.64. The lowest BCUT2D eigenvalue weighted by atomic mass is 10.2. The Morgan fingerprint density at radius 1 is 1.53 bits per heavy atom. The maximum absolute atomic E-state index is 5.46. The molecule has 0 aliphatic carbocycles. The first-order valence-electron chi connectivity index (χ1n) is 5.00. The predicted octanol–water partition coefficient (Wildman–Crippen LogP) is 3.12. The molecule has 0 fully saturated rings. The number of ether oxygens (including phenoxy) is 1.